The Morgan fingerprint density at radius 2 is 2.10 bits per heavy atom. The van der Waals surface area contributed by atoms with E-state index in [9.17, 15) is 9.59 Å². The van der Waals surface area contributed by atoms with Crippen LogP contribution in [0.2, 0.25) is 0 Å². The Labute approximate surface area is 170 Å². The van der Waals surface area contributed by atoms with Crippen molar-refractivity contribution < 1.29 is 9.53 Å². The minimum absolute atomic E-state index is 0.0481. The predicted molar refractivity (Wildman–Crippen MR) is 112 cm³/mol. The zero-order chi connectivity index (χ0) is 20.6. The number of hydrogen-bond donors (Lipinski definition) is 1. The van der Waals surface area contributed by atoms with Gasteiger partial charge >= 0.3 is 0 Å². The van der Waals surface area contributed by atoms with E-state index in [2.05, 4.69) is 4.98 Å². The zero-order valence-electron chi connectivity index (χ0n) is 17.3. The van der Waals surface area contributed by atoms with Gasteiger partial charge in [-0.1, -0.05) is 18.2 Å². The lowest BCUT2D eigenvalue weighted by atomic mass is 9.77. The van der Waals surface area contributed by atoms with Crippen molar-refractivity contribution in [2.24, 2.45) is 0 Å². The molecule has 1 N–H and O–H groups in total. The van der Waals surface area contributed by atoms with Crippen LogP contribution >= 0.6 is 0 Å². The summed E-state index contributed by atoms with van der Waals surface area (Å²) in [7, 11) is 5.37. The monoisotopic (exact) mass is 396 g/mol. The number of nitrogens with one attached hydrogen (secondary N) is 1. The molecule has 1 atom stereocenters. The molecule has 1 aromatic heterocycles. The van der Waals surface area contributed by atoms with E-state index >= 15 is 0 Å². The smallest absolute Gasteiger partial charge is 0.255 e. The molecule has 0 bridgehead atoms. The fraction of sp³-hybridized carbons (Fsp3) is 0.500. The third-order valence-electron chi connectivity index (χ3n) is 6.25. The van der Waals surface area contributed by atoms with E-state index in [1.807, 2.05) is 48.2 Å². The van der Waals surface area contributed by atoms with Crippen molar-refractivity contribution in [3.05, 3.63) is 51.4 Å². The molecule has 1 aliphatic carbocycles. The van der Waals surface area contributed by atoms with Crippen molar-refractivity contribution in [1.29, 1.82) is 0 Å². The van der Waals surface area contributed by atoms with Gasteiger partial charge in [0.15, 0.2) is 0 Å². The van der Waals surface area contributed by atoms with Gasteiger partial charge < -0.3 is 14.5 Å². The second kappa shape index (κ2) is 7.54. The highest BCUT2D eigenvalue weighted by Gasteiger charge is 2.45. The number of H-pyrrole nitrogens is 1. The molecule has 1 aliphatic heterocycles. The summed E-state index contributed by atoms with van der Waals surface area (Å²) in [6.07, 6.45) is 3.79. The van der Waals surface area contributed by atoms with Gasteiger partial charge in [0.2, 0.25) is 11.9 Å². The first-order valence-corrected chi connectivity index (χ1v) is 10.1. The summed E-state index contributed by atoms with van der Waals surface area (Å²) < 4.78 is 5.40. The van der Waals surface area contributed by atoms with E-state index in [1.54, 1.807) is 7.11 Å². The lowest BCUT2D eigenvalue weighted by molar-refractivity contribution is -0.132. The molecule has 2 aliphatic rings. The molecule has 29 heavy (non-hydrogen) atoms. The number of fused-ring (bicyclic) bond motifs is 2. The van der Waals surface area contributed by atoms with E-state index in [0.29, 0.717) is 18.9 Å². The largest absolute Gasteiger partial charge is 0.496 e. The molecule has 7 nitrogen and oxygen atoms in total. The summed E-state index contributed by atoms with van der Waals surface area (Å²) in [6, 6.07) is 7.65. The summed E-state index contributed by atoms with van der Waals surface area (Å²) in [6.45, 7) is 1.37. The number of rotatable bonds is 4. The maximum atomic E-state index is 13.1. The minimum atomic E-state index is -0.219. The van der Waals surface area contributed by atoms with Crippen molar-refractivity contribution in [2.45, 2.75) is 37.5 Å². The van der Waals surface area contributed by atoms with Crippen molar-refractivity contribution >= 4 is 11.9 Å². The van der Waals surface area contributed by atoms with Gasteiger partial charge in [-0.05, 0) is 31.7 Å². The first-order chi connectivity index (χ1) is 13.9. The molecule has 2 heterocycles. The first-order valence-electron chi connectivity index (χ1n) is 10.1. The van der Waals surface area contributed by atoms with Crippen LogP contribution in [-0.4, -0.2) is 55.1 Å². The van der Waals surface area contributed by atoms with Crippen LogP contribution in [0.4, 0.5) is 5.95 Å². The summed E-state index contributed by atoms with van der Waals surface area (Å²) in [4.78, 5) is 37.1. The number of methoxy groups -OCH3 is 1. The lowest BCUT2D eigenvalue weighted by Gasteiger charge is -2.40. The third kappa shape index (κ3) is 3.50. The van der Waals surface area contributed by atoms with Gasteiger partial charge in [0.05, 0.1) is 19.2 Å². The highest BCUT2D eigenvalue weighted by Crippen LogP contribution is 2.43. The second-order valence-electron chi connectivity index (χ2n) is 8.30. The summed E-state index contributed by atoms with van der Waals surface area (Å²) in [5, 5.41) is 0. The topological polar surface area (TPSA) is 78.5 Å². The summed E-state index contributed by atoms with van der Waals surface area (Å²) in [5.74, 6) is 1.41. The number of hydrogen-bond acceptors (Lipinski definition) is 5. The number of amides is 1. The van der Waals surface area contributed by atoms with Crippen molar-refractivity contribution in [3.63, 3.8) is 0 Å². The lowest BCUT2D eigenvalue weighted by Crippen LogP contribution is -2.48. The van der Waals surface area contributed by atoms with Crippen LogP contribution in [0.3, 0.4) is 0 Å². The average Bonchev–Trinajstić information content (AvgIpc) is 3.06. The zero-order valence-corrected chi connectivity index (χ0v) is 17.3. The van der Waals surface area contributed by atoms with Crippen molar-refractivity contribution in [3.8, 4) is 5.75 Å². The number of benzene rings is 1. The van der Waals surface area contributed by atoms with Gasteiger partial charge in [0.1, 0.15) is 5.75 Å². The van der Waals surface area contributed by atoms with Crippen LogP contribution in [0.25, 0.3) is 0 Å². The number of anilines is 1. The number of nitrogens with zero attached hydrogens (tertiary/aromatic N) is 3. The normalized spacial score (nSPS) is 20.6. The number of aromatic amines is 1. The fourth-order valence-electron chi connectivity index (χ4n) is 4.72. The second-order valence-corrected chi connectivity index (χ2v) is 8.30. The Morgan fingerprint density at radius 3 is 2.86 bits per heavy atom. The molecular weight excluding hydrogens is 368 g/mol. The molecule has 0 saturated carbocycles. The SMILES string of the molecule is COc1ccccc1CC(=O)N1CCCC2(CCc3c2nc(N(C)C)[nH]c3=O)C1. The molecule has 1 amide bonds. The number of piperidine rings is 1. The third-order valence-corrected chi connectivity index (χ3v) is 6.25. The van der Waals surface area contributed by atoms with E-state index in [0.717, 1.165) is 54.8 Å². The number of carbonyl (C=O) groups is 1. The Bertz CT molecular complexity index is 984. The van der Waals surface area contributed by atoms with Gasteiger partial charge in [0.25, 0.3) is 5.56 Å². The highest BCUT2D eigenvalue weighted by molar-refractivity contribution is 5.80. The van der Waals surface area contributed by atoms with E-state index in [1.165, 1.54) is 0 Å². The Hall–Kier alpha value is -2.83. The predicted octanol–water partition coefficient (Wildman–Crippen LogP) is 1.89. The summed E-state index contributed by atoms with van der Waals surface area (Å²) >= 11 is 0. The molecule has 2 aromatic rings. The molecule has 7 heteroatoms. The van der Waals surface area contributed by atoms with Crippen LogP contribution in [0.15, 0.2) is 29.1 Å². The molecule has 4 rings (SSSR count). The van der Waals surface area contributed by atoms with Crippen LogP contribution in [0.1, 0.15) is 36.1 Å². The van der Waals surface area contributed by atoms with Crippen LogP contribution in [0.5, 0.6) is 5.75 Å². The number of likely N-dealkylation sites (tertiary alicyclic amines) is 1. The molecule has 0 radical (unpaired) electrons. The van der Waals surface area contributed by atoms with E-state index < -0.39 is 0 Å². The molecular formula is C22H28N4O3. The standard InChI is InChI=1S/C22H28N4O3/c1-25(2)21-23-19-16(20(28)24-21)9-11-22(19)10-6-12-26(14-22)18(27)13-15-7-4-5-8-17(15)29-3/h4-5,7-8H,6,9-14H2,1-3H3,(H,23,24,28). The molecule has 1 saturated heterocycles. The molecule has 1 aromatic carbocycles. The first kappa shape index (κ1) is 19.5. The quantitative estimate of drug-likeness (QED) is 0.854. The molecule has 154 valence electrons. The number of para-hydroxylation sites is 1. The molecule has 1 fully saturated rings. The van der Waals surface area contributed by atoms with Gasteiger partial charge in [-0.15, -0.1) is 0 Å². The van der Waals surface area contributed by atoms with Crippen LogP contribution in [-0.2, 0) is 23.1 Å². The molecule has 1 unspecified atom stereocenters. The van der Waals surface area contributed by atoms with E-state index in [-0.39, 0.29) is 16.9 Å². The molecule has 1 spiro atoms. The number of carbonyl (C=O) groups excluding carboxylic acids is 1. The van der Waals surface area contributed by atoms with Gasteiger partial charge in [0, 0.05) is 43.7 Å². The van der Waals surface area contributed by atoms with Crippen molar-refractivity contribution in [1.82, 2.24) is 14.9 Å². The number of ether oxygens (including phenoxy) is 1. The van der Waals surface area contributed by atoms with Gasteiger partial charge in [-0.25, -0.2) is 4.98 Å². The highest BCUT2D eigenvalue weighted by atomic mass is 16.5. The fourth-order valence-corrected chi connectivity index (χ4v) is 4.72. The Morgan fingerprint density at radius 1 is 1.31 bits per heavy atom. The maximum Gasteiger partial charge on any atom is 0.255 e. The van der Waals surface area contributed by atoms with Crippen LogP contribution < -0.4 is 15.2 Å². The van der Waals surface area contributed by atoms with E-state index in [4.69, 9.17) is 9.72 Å². The van der Waals surface area contributed by atoms with Crippen LogP contribution in [0, 0.1) is 0 Å². The summed E-state index contributed by atoms with van der Waals surface area (Å²) in [5.41, 5.74) is 2.31. The minimum Gasteiger partial charge on any atom is -0.496 e. The number of aromatic nitrogens is 2. The van der Waals surface area contributed by atoms with Crippen molar-refractivity contribution in [2.75, 3.05) is 39.2 Å². The maximum absolute atomic E-state index is 13.1. The Balaban J connectivity index is 1.60. The van der Waals surface area contributed by atoms with Gasteiger partial charge in [-0.2, -0.15) is 0 Å². The Kier molecular flexibility index (Phi) is 5.06. The average molecular weight is 396 g/mol. The van der Waals surface area contributed by atoms with Gasteiger partial charge in [-0.3, -0.25) is 14.6 Å².